The minimum atomic E-state index is -3.87. The van der Waals surface area contributed by atoms with Crippen molar-refractivity contribution >= 4 is 6.08 Å². The van der Waals surface area contributed by atoms with Crippen LogP contribution in [0.1, 0.15) is 11.1 Å². The molecule has 3 rings (SSSR count). The summed E-state index contributed by atoms with van der Waals surface area (Å²) in [5.41, 5.74) is -2.37. The molecule has 5 heteroatoms. The van der Waals surface area contributed by atoms with Gasteiger partial charge in [0.1, 0.15) is 11.6 Å². The zero-order valence-electron chi connectivity index (χ0n) is 10.8. The Morgan fingerprint density at radius 3 is 2.48 bits per heavy atom. The molecular weight excluding hydrogens is 281 g/mol. The van der Waals surface area contributed by atoms with Gasteiger partial charge in [0.15, 0.2) is 0 Å². The van der Waals surface area contributed by atoms with Crippen molar-refractivity contribution in [1.82, 2.24) is 0 Å². The van der Waals surface area contributed by atoms with Crippen LogP contribution < -0.4 is 4.74 Å². The number of halogens is 3. The predicted octanol–water partition coefficient (Wildman–Crippen LogP) is 3.71. The molecule has 2 aromatic rings. The smallest absolute Gasteiger partial charge is 0.429 e. The Bertz CT molecular complexity index is 698. The van der Waals surface area contributed by atoms with Crippen LogP contribution in [-0.2, 0) is 5.60 Å². The van der Waals surface area contributed by atoms with Gasteiger partial charge in [-0.2, -0.15) is 8.78 Å². The SMILES string of the molecule is OC1(C=Cc2ccccc2)c2cc(F)ccc2OC1(F)F. The topological polar surface area (TPSA) is 29.5 Å². The van der Waals surface area contributed by atoms with Crippen molar-refractivity contribution in [1.29, 1.82) is 0 Å². The van der Waals surface area contributed by atoms with Crippen molar-refractivity contribution in [3.8, 4) is 5.75 Å². The lowest BCUT2D eigenvalue weighted by Crippen LogP contribution is -2.42. The lowest BCUT2D eigenvalue weighted by atomic mass is 9.93. The van der Waals surface area contributed by atoms with E-state index in [1.165, 1.54) is 6.08 Å². The summed E-state index contributed by atoms with van der Waals surface area (Å²) in [7, 11) is 0. The molecule has 0 bridgehead atoms. The lowest BCUT2D eigenvalue weighted by molar-refractivity contribution is -0.257. The standard InChI is InChI=1S/C16H11F3O2/c17-12-6-7-14-13(10-12)15(20,16(18,19)21-14)9-8-11-4-2-1-3-5-11/h1-10,20H. The molecule has 1 heterocycles. The first-order valence-corrected chi connectivity index (χ1v) is 6.26. The zero-order valence-corrected chi connectivity index (χ0v) is 10.8. The highest BCUT2D eigenvalue weighted by Gasteiger charge is 2.61. The summed E-state index contributed by atoms with van der Waals surface area (Å²) < 4.78 is 45.7. The summed E-state index contributed by atoms with van der Waals surface area (Å²) in [6.07, 6.45) is -1.60. The van der Waals surface area contributed by atoms with Crippen molar-refractivity contribution in [3.63, 3.8) is 0 Å². The number of hydrogen-bond acceptors (Lipinski definition) is 2. The number of hydrogen-bond donors (Lipinski definition) is 1. The summed E-state index contributed by atoms with van der Waals surface area (Å²) in [5, 5.41) is 10.3. The highest BCUT2D eigenvalue weighted by molar-refractivity contribution is 5.55. The number of fused-ring (bicyclic) bond motifs is 1. The fourth-order valence-corrected chi connectivity index (χ4v) is 2.23. The van der Waals surface area contributed by atoms with E-state index in [1.807, 2.05) is 0 Å². The van der Waals surface area contributed by atoms with Crippen molar-refractivity contribution in [2.75, 3.05) is 0 Å². The van der Waals surface area contributed by atoms with Crippen LogP contribution in [0.2, 0.25) is 0 Å². The molecule has 108 valence electrons. The van der Waals surface area contributed by atoms with E-state index in [1.54, 1.807) is 30.3 Å². The van der Waals surface area contributed by atoms with E-state index in [9.17, 15) is 18.3 Å². The van der Waals surface area contributed by atoms with Crippen molar-refractivity contribution in [2.24, 2.45) is 0 Å². The molecule has 0 saturated heterocycles. The Morgan fingerprint density at radius 2 is 1.76 bits per heavy atom. The van der Waals surface area contributed by atoms with Gasteiger partial charge in [-0.15, -0.1) is 0 Å². The number of alkyl halides is 2. The maximum absolute atomic E-state index is 14.0. The summed E-state index contributed by atoms with van der Waals surface area (Å²) >= 11 is 0. The first kappa shape index (κ1) is 13.7. The fourth-order valence-electron chi connectivity index (χ4n) is 2.23. The third kappa shape index (κ3) is 2.19. The number of rotatable bonds is 2. The number of ether oxygens (including phenoxy) is 1. The van der Waals surface area contributed by atoms with Gasteiger partial charge in [0.2, 0.25) is 5.60 Å². The summed E-state index contributed by atoms with van der Waals surface area (Å²) in [5.74, 6) is -0.955. The maximum Gasteiger partial charge on any atom is 0.435 e. The molecule has 1 N–H and O–H groups in total. The second kappa shape index (κ2) is 4.63. The highest BCUT2D eigenvalue weighted by atomic mass is 19.3. The summed E-state index contributed by atoms with van der Waals surface area (Å²) in [4.78, 5) is 0. The molecule has 2 aromatic carbocycles. The monoisotopic (exact) mass is 292 g/mol. The Kier molecular flexibility index (Phi) is 3.02. The van der Waals surface area contributed by atoms with Crippen molar-refractivity contribution in [3.05, 3.63) is 71.6 Å². The van der Waals surface area contributed by atoms with Crippen LogP contribution in [0.3, 0.4) is 0 Å². The molecule has 0 spiro atoms. The van der Waals surface area contributed by atoms with E-state index in [0.717, 1.165) is 24.3 Å². The third-order valence-corrected chi connectivity index (χ3v) is 3.35. The summed E-state index contributed by atoms with van der Waals surface area (Å²) in [6.45, 7) is 0. The second-order valence-electron chi connectivity index (χ2n) is 4.77. The van der Waals surface area contributed by atoms with Crippen molar-refractivity contribution in [2.45, 2.75) is 11.7 Å². The molecule has 0 amide bonds. The van der Waals surface area contributed by atoms with Gasteiger partial charge >= 0.3 is 6.11 Å². The average molecular weight is 292 g/mol. The molecular formula is C16H11F3O2. The molecule has 0 fully saturated rings. The van der Waals surface area contributed by atoms with Gasteiger partial charge in [-0.05, 0) is 29.8 Å². The largest absolute Gasteiger partial charge is 0.435 e. The molecule has 1 aliphatic rings. The zero-order chi connectivity index (χ0) is 15.1. The molecule has 21 heavy (non-hydrogen) atoms. The van der Waals surface area contributed by atoms with Gasteiger partial charge in [0.25, 0.3) is 0 Å². The number of aliphatic hydroxyl groups is 1. The van der Waals surface area contributed by atoms with E-state index in [4.69, 9.17) is 0 Å². The van der Waals surface area contributed by atoms with Gasteiger partial charge in [-0.3, -0.25) is 0 Å². The molecule has 1 aliphatic heterocycles. The number of benzene rings is 2. The minimum Gasteiger partial charge on any atom is -0.429 e. The molecule has 0 saturated carbocycles. The molecule has 0 radical (unpaired) electrons. The first-order chi connectivity index (χ1) is 9.92. The average Bonchev–Trinajstić information content (AvgIpc) is 2.66. The van der Waals surface area contributed by atoms with Crippen LogP contribution in [-0.4, -0.2) is 11.2 Å². The molecule has 1 unspecified atom stereocenters. The minimum absolute atomic E-state index is 0.235. The van der Waals surface area contributed by atoms with Crippen LogP contribution in [0.5, 0.6) is 5.75 Å². The van der Waals surface area contributed by atoms with Crippen LogP contribution in [0.15, 0.2) is 54.6 Å². The van der Waals surface area contributed by atoms with Gasteiger partial charge in [-0.25, -0.2) is 4.39 Å². The highest BCUT2D eigenvalue weighted by Crippen LogP contribution is 2.50. The molecule has 2 nitrogen and oxygen atoms in total. The van der Waals surface area contributed by atoms with Crippen LogP contribution >= 0.6 is 0 Å². The van der Waals surface area contributed by atoms with Gasteiger partial charge in [0.05, 0.1) is 0 Å². The fraction of sp³-hybridized carbons (Fsp3) is 0.125. The van der Waals surface area contributed by atoms with E-state index in [-0.39, 0.29) is 11.3 Å². The Balaban J connectivity index is 2.06. The van der Waals surface area contributed by atoms with Gasteiger partial charge in [0, 0.05) is 5.56 Å². The van der Waals surface area contributed by atoms with E-state index < -0.39 is 17.5 Å². The van der Waals surface area contributed by atoms with Crippen LogP contribution in [0, 0.1) is 5.82 Å². The third-order valence-electron chi connectivity index (χ3n) is 3.35. The molecule has 1 atom stereocenters. The maximum atomic E-state index is 14.0. The first-order valence-electron chi connectivity index (χ1n) is 6.26. The molecule has 0 aromatic heterocycles. The van der Waals surface area contributed by atoms with E-state index in [2.05, 4.69) is 4.74 Å². The summed E-state index contributed by atoms with van der Waals surface area (Å²) in [6, 6.07) is 11.6. The predicted molar refractivity (Wildman–Crippen MR) is 71.3 cm³/mol. The Labute approximate surface area is 119 Å². The Hall–Kier alpha value is -2.27. The van der Waals surface area contributed by atoms with Crippen LogP contribution in [0.25, 0.3) is 6.08 Å². The molecule has 0 aliphatic carbocycles. The van der Waals surface area contributed by atoms with Gasteiger partial charge < -0.3 is 9.84 Å². The van der Waals surface area contributed by atoms with E-state index >= 15 is 0 Å². The van der Waals surface area contributed by atoms with Crippen LogP contribution in [0.4, 0.5) is 13.2 Å². The normalized spacial score (nSPS) is 23.0. The Morgan fingerprint density at radius 1 is 1.05 bits per heavy atom. The van der Waals surface area contributed by atoms with Crippen molar-refractivity contribution < 1.29 is 23.0 Å². The van der Waals surface area contributed by atoms with E-state index in [0.29, 0.717) is 5.56 Å². The lowest BCUT2D eigenvalue weighted by Gasteiger charge is -2.24. The second-order valence-corrected chi connectivity index (χ2v) is 4.77. The van der Waals surface area contributed by atoms with Gasteiger partial charge in [-0.1, -0.05) is 36.4 Å². The quantitative estimate of drug-likeness (QED) is 0.914.